The second kappa shape index (κ2) is 5.15. The third-order valence-corrected chi connectivity index (χ3v) is 3.62. The fourth-order valence-electron chi connectivity index (χ4n) is 2.62. The molecule has 7 nitrogen and oxygen atoms in total. The molecule has 2 aromatic rings. The summed E-state index contributed by atoms with van der Waals surface area (Å²) in [5.74, 6) is 0.152. The van der Waals surface area contributed by atoms with E-state index < -0.39 is 5.60 Å². The molecule has 1 N–H and O–H groups in total. The van der Waals surface area contributed by atoms with Crippen molar-refractivity contribution in [2.75, 3.05) is 13.1 Å². The second-order valence-electron chi connectivity index (χ2n) is 6.55. The van der Waals surface area contributed by atoms with Crippen molar-refractivity contribution >= 4 is 11.7 Å². The Kier molecular flexibility index (Phi) is 3.42. The molecule has 0 aromatic carbocycles. The van der Waals surface area contributed by atoms with Gasteiger partial charge in [-0.1, -0.05) is 0 Å². The summed E-state index contributed by atoms with van der Waals surface area (Å²) in [7, 11) is 0. The summed E-state index contributed by atoms with van der Waals surface area (Å²) in [6, 6.07) is 3.35. The number of nitrogens with zero attached hydrogens (tertiary/aromatic N) is 4. The molecule has 7 heteroatoms. The van der Waals surface area contributed by atoms with Crippen molar-refractivity contribution in [2.24, 2.45) is 0 Å². The Balaban J connectivity index is 1.75. The van der Waals surface area contributed by atoms with E-state index in [0.29, 0.717) is 18.7 Å². The van der Waals surface area contributed by atoms with Gasteiger partial charge in [0.15, 0.2) is 5.65 Å². The zero-order chi connectivity index (χ0) is 15.9. The summed E-state index contributed by atoms with van der Waals surface area (Å²) in [5.41, 5.74) is 0.879. The zero-order valence-electron chi connectivity index (χ0n) is 13.0. The van der Waals surface area contributed by atoms with Crippen LogP contribution in [-0.4, -0.2) is 49.4 Å². The third kappa shape index (κ3) is 2.84. The van der Waals surface area contributed by atoms with Crippen LogP contribution in [0, 0.1) is 0 Å². The molecule has 1 unspecified atom stereocenters. The molecule has 0 bridgehead atoms. The van der Waals surface area contributed by atoms with Crippen LogP contribution in [0.15, 0.2) is 18.3 Å². The first-order valence-electron chi connectivity index (χ1n) is 7.35. The molecule has 1 saturated heterocycles. The van der Waals surface area contributed by atoms with E-state index in [1.165, 1.54) is 4.52 Å². The van der Waals surface area contributed by atoms with Crippen LogP contribution in [0.25, 0.3) is 5.65 Å². The molecule has 1 aliphatic rings. The smallest absolute Gasteiger partial charge is 0.410 e. The van der Waals surface area contributed by atoms with Crippen LogP contribution in [0.2, 0.25) is 0 Å². The van der Waals surface area contributed by atoms with Gasteiger partial charge >= 0.3 is 6.09 Å². The summed E-state index contributed by atoms with van der Waals surface area (Å²) < 4.78 is 6.77. The minimum absolute atomic E-state index is 0.0562. The molecule has 0 aliphatic carbocycles. The van der Waals surface area contributed by atoms with Gasteiger partial charge in [0.2, 0.25) is 5.88 Å². The van der Waals surface area contributed by atoms with E-state index in [1.807, 2.05) is 20.8 Å². The van der Waals surface area contributed by atoms with E-state index in [9.17, 15) is 9.90 Å². The van der Waals surface area contributed by atoms with Crippen molar-refractivity contribution in [3.63, 3.8) is 0 Å². The van der Waals surface area contributed by atoms with E-state index in [1.54, 1.807) is 23.2 Å². The fourth-order valence-corrected chi connectivity index (χ4v) is 2.62. The van der Waals surface area contributed by atoms with Gasteiger partial charge in [-0.25, -0.2) is 9.78 Å². The summed E-state index contributed by atoms with van der Waals surface area (Å²) in [6.45, 7) is 6.74. The Labute approximate surface area is 128 Å². The maximum atomic E-state index is 12.1. The van der Waals surface area contributed by atoms with Crippen molar-refractivity contribution in [3.8, 4) is 5.88 Å². The minimum Gasteiger partial charge on any atom is -0.493 e. The third-order valence-electron chi connectivity index (χ3n) is 3.62. The van der Waals surface area contributed by atoms with Crippen molar-refractivity contribution in [1.29, 1.82) is 0 Å². The molecule has 3 heterocycles. The quantitative estimate of drug-likeness (QED) is 0.873. The van der Waals surface area contributed by atoms with E-state index in [2.05, 4.69) is 10.1 Å². The van der Waals surface area contributed by atoms with Gasteiger partial charge in [0.1, 0.15) is 5.60 Å². The first-order valence-corrected chi connectivity index (χ1v) is 7.35. The van der Waals surface area contributed by atoms with Crippen molar-refractivity contribution in [2.45, 2.75) is 38.7 Å². The van der Waals surface area contributed by atoms with Crippen molar-refractivity contribution in [1.82, 2.24) is 19.5 Å². The lowest BCUT2D eigenvalue weighted by molar-refractivity contribution is 0.0292. The number of rotatable bonds is 1. The number of hydrogen-bond donors (Lipinski definition) is 1. The van der Waals surface area contributed by atoms with Crippen LogP contribution in [0.5, 0.6) is 5.88 Å². The number of ether oxygens (including phenoxy) is 1. The number of aromatic hydroxyl groups is 1. The van der Waals surface area contributed by atoms with Crippen LogP contribution in [0.4, 0.5) is 4.79 Å². The Bertz CT molecular complexity index is 704. The molecule has 0 saturated carbocycles. The second-order valence-corrected chi connectivity index (χ2v) is 6.55. The highest BCUT2D eigenvalue weighted by molar-refractivity contribution is 5.68. The molecule has 3 rings (SSSR count). The molecule has 22 heavy (non-hydrogen) atoms. The average Bonchev–Trinajstić information content (AvgIpc) is 3.05. The maximum absolute atomic E-state index is 12.1. The Morgan fingerprint density at radius 2 is 2.23 bits per heavy atom. The van der Waals surface area contributed by atoms with Gasteiger partial charge in [0.05, 0.1) is 11.9 Å². The number of likely N-dealkylation sites (tertiary alicyclic amines) is 1. The molecule has 0 spiro atoms. The molecular weight excluding hydrogens is 284 g/mol. The lowest BCUT2D eigenvalue weighted by atomic mass is 10.0. The number of aromatic nitrogens is 3. The lowest BCUT2D eigenvalue weighted by Gasteiger charge is -2.24. The molecule has 1 aliphatic heterocycles. The van der Waals surface area contributed by atoms with Gasteiger partial charge < -0.3 is 14.7 Å². The largest absolute Gasteiger partial charge is 0.493 e. The Morgan fingerprint density at radius 1 is 1.45 bits per heavy atom. The SMILES string of the molecule is CC(C)(C)OC(=O)N1CCC(c2cc(O)n3nccc3n2)C1. The molecule has 2 aromatic heterocycles. The molecule has 1 fully saturated rings. The van der Waals surface area contributed by atoms with E-state index in [0.717, 1.165) is 12.1 Å². The van der Waals surface area contributed by atoms with Crippen LogP contribution in [0.3, 0.4) is 0 Å². The van der Waals surface area contributed by atoms with E-state index in [-0.39, 0.29) is 17.9 Å². The van der Waals surface area contributed by atoms with Gasteiger partial charge in [-0.15, -0.1) is 0 Å². The number of carbonyl (C=O) groups excluding carboxylic acids is 1. The summed E-state index contributed by atoms with van der Waals surface area (Å²) >= 11 is 0. The number of fused-ring (bicyclic) bond motifs is 1. The highest BCUT2D eigenvalue weighted by atomic mass is 16.6. The summed E-state index contributed by atoms with van der Waals surface area (Å²) in [6.07, 6.45) is 2.09. The van der Waals surface area contributed by atoms with Crippen LogP contribution < -0.4 is 0 Å². The molecule has 1 amide bonds. The monoisotopic (exact) mass is 304 g/mol. The van der Waals surface area contributed by atoms with Crippen LogP contribution in [-0.2, 0) is 4.74 Å². The van der Waals surface area contributed by atoms with Gasteiger partial charge in [-0.3, -0.25) is 0 Å². The molecule has 0 radical (unpaired) electrons. The topological polar surface area (TPSA) is 80.0 Å². The standard InChI is InChI=1S/C15H20N4O3/c1-15(2,3)22-14(21)18-7-5-10(9-18)11-8-13(20)19-12(17-11)4-6-16-19/h4,6,8,10,20H,5,7,9H2,1-3H3. The molecule has 1 atom stereocenters. The molecular formula is C15H20N4O3. The van der Waals surface area contributed by atoms with Crippen LogP contribution >= 0.6 is 0 Å². The van der Waals surface area contributed by atoms with E-state index >= 15 is 0 Å². The number of hydrogen-bond acceptors (Lipinski definition) is 5. The van der Waals surface area contributed by atoms with Gasteiger partial charge in [0.25, 0.3) is 0 Å². The number of carbonyl (C=O) groups is 1. The van der Waals surface area contributed by atoms with Gasteiger partial charge in [0, 0.05) is 31.1 Å². The highest BCUT2D eigenvalue weighted by Gasteiger charge is 2.31. The van der Waals surface area contributed by atoms with E-state index in [4.69, 9.17) is 4.74 Å². The Hall–Kier alpha value is -2.31. The van der Waals surface area contributed by atoms with Crippen LogP contribution in [0.1, 0.15) is 38.8 Å². The lowest BCUT2D eigenvalue weighted by Crippen LogP contribution is -2.35. The fraction of sp³-hybridized carbons (Fsp3) is 0.533. The maximum Gasteiger partial charge on any atom is 0.410 e. The predicted molar refractivity (Wildman–Crippen MR) is 79.8 cm³/mol. The highest BCUT2D eigenvalue weighted by Crippen LogP contribution is 2.29. The average molecular weight is 304 g/mol. The van der Waals surface area contributed by atoms with Crippen molar-refractivity contribution < 1.29 is 14.6 Å². The summed E-state index contributed by atoms with van der Waals surface area (Å²) in [4.78, 5) is 18.3. The van der Waals surface area contributed by atoms with Gasteiger partial charge in [-0.2, -0.15) is 9.61 Å². The van der Waals surface area contributed by atoms with Crippen molar-refractivity contribution in [3.05, 3.63) is 24.0 Å². The first-order chi connectivity index (χ1) is 10.3. The summed E-state index contributed by atoms with van der Waals surface area (Å²) in [5, 5.41) is 14.0. The predicted octanol–water partition coefficient (Wildman–Crippen LogP) is 2.16. The number of amides is 1. The zero-order valence-corrected chi connectivity index (χ0v) is 13.0. The van der Waals surface area contributed by atoms with Gasteiger partial charge in [-0.05, 0) is 27.2 Å². The Morgan fingerprint density at radius 3 is 2.95 bits per heavy atom. The normalized spacial score (nSPS) is 18.9. The molecule has 118 valence electrons. The first kappa shape index (κ1) is 14.6. The minimum atomic E-state index is -0.498.